The van der Waals surface area contributed by atoms with Crippen LogP contribution in [0.4, 0.5) is 5.69 Å². The lowest BCUT2D eigenvalue weighted by Crippen LogP contribution is -2.25. The number of nitrogens with zero attached hydrogens (tertiary/aromatic N) is 1. The van der Waals surface area contributed by atoms with Crippen LogP contribution < -0.4 is 11.1 Å². The van der Waals surface area contributed by atoms with Crippen LogP contribution in [0.15, 0.2) is 36.5 Å². The van der Waals surface area contributed by atoms with E-state index in [9.17, 15) is 4.79 Å². The smallest absolute Gasteiger partial charge is 0.251 e. The molecule has 2 aromatic rings. The van der Waals surface area contributed by atoms with E-state index in [4.69, 9.17) is 5.73 Å². The van der Waals surface area contributed by atoms with Crippen LogP contribution in [0.25, 0.3) is 0 Å². The lowest BCUT2D eigenvalue weighted by Gasteiger charge is -2.10. The maximum Gasteiger partial charge on any atom is 0.251 e. The Morgan fingerprint density at radius 1 is 1.30 bits per heavy atom. The molecule has 0 aliphatic rings. The summed E-state index contributed by atoms with van der Waals surface area (Å²) in [6.07, 6.45) is 2.64. The van der Waals surface area contributed by atoms with Crippen LogP contribution in [0.3, 0.4) is 0 Å². The number of aromatic nitrogens is 1. The molecule has 3 N–H and O–H groups in total. The number of carbonyl (C=O) groups excluding carboxylic acids is 1. The van der Waals surface area contributed by atoms with Gasteiger partial charge in [0.05, 0.1) is 12.2 Å². The molecule has 0 bridgehead atoms. The average Bonchev–Trinajstić information content (AvgIpc) is 2.48. The van der Waals surface area contributed by atoms with Gasteiger partial charge in [-0.05, 0) is 42.7 Å². The number of nitrogen functional groups attached to an aromatic ring is 1. The third-order valence-electron chi connectivity index (χ3n) is 3.40. The van der Waals surface area contributed by atoms with Gasteiger partial charge in [-0.1, -0.05) is 19.1 Å². The van der Waals surface area contributed by atoms with Gasteiger partial charge in [0.15, 0.2) is 0 Å². The molecule has 1 aromatic carbocycles. The van der Waals surface area contributed by atoms with Crippen LogP contribution in [-0.2, 0) is 13.0 Å². The number of nitrogens with one attached hydrogen (secondary N) is 1. The Morgan fingerprint density at radius 2 is 2.10 bits per heavy atom. The quantitative estimate of drug-likeness (QED) is 0.838. The van der Waals surface area contributed by atoms with Crippen LogP contribution in [0.5, 0.6) is 0 Å². The highest BCUT2D eigenvalue weighted by molar-refractivity contribution is 5.96. The summed E-state index contributed by atoms with van der Waals surface area (Å²) in [5, 5.41) is 2.90. The van der Waals surface area contributed by atoms with Gasteiger partial charge in [-0.3, -0.25) is 9.78 Å². The van der Waals surface area contributed by atoms with Gasteiger partial charge < -0.3 is 11.1 Å². The molecule has 0 aliphatic carbocycles. The second-order valence-electron chi connectivity index (χ2n) is 4.67. The Labute approximate surface area is 119 Å². The molecule has 1 amide bonds. The van der Waals surface area contributed by atoms with Crippen molar-refractivity contribution >= 4 is 11.6 Å². The Bertz CT molecular complexity index is 623. The minimum Gasteiger partial charge on any atom is -0.398 e. The molecular formula is C16H19N3O. The summed E-state index contributed by atoms with van der Waals surface area (Å²) in [5.74, 6) is -0.123. The number of amides is 1. The molecule has 0 atom stereocenters. The molecule has 1 aromatic heterocycles. The Balaban J connectivity index is 2.11. The van der Waals surface area contributed by atoms with Gasteiger partial charge in [0.25, 0.3) is 5.91 Å². The molecule has 104 valence electrons. The SMILES string of the molecule is CCc1cccnc1CNC(=O)c1cccc(N)c1C. The first-order valence-corrected chi connectivity index (χ1v) is 6.69. The van der Waals surface area contributed by atoms with E-state index in [1.165, 1.54) is 0 Å². The molecule has 0 saturated carbocycles. The zero-order chi connectivity index (χ0) is 14.5. The van der Waals surface area contributed by atoms with Crippen molar-refractivity contribution in [3.05, 3.63) is 58.9 Å². The molecule has 4 nitrogen and oxygen atoms in total. The van der Waals surface area contributed by atoms with Crippen LogP contribution in [0, 0.1) is 6.92 Å². The van der Waals surface area contributed by atoms with Gasteiger partial charge in [-0.15, -0.1) is 0 Å². The topological polar surface area (TPSA) is 68.0 Å². The van der Waals surface area contributed by atoms with Crippen LogP contribution in [0.1, 0.15) is 34.1 Å². The van der Waals surface area contributed by atoms with Gasteiger partial charge >= 0.3 is 0 Å². The van der Waals surface area contributed by atoms with E-state index in [-0.39, 0.29) is 5.91 Å². The lowest BCUT2D eigenvalue weighted by molar-refractivity contribution is 0.0950. The average molecular weight is 269 g/mol. The first-order chi connectivity index (χ1) is 9.63. The summed E-state index contributed by atoms with van der Waals surface area (Å²) in [4.78, 5) is 16.5. The number of benzene rings is 1. The molecule has 20 heavy (non-hydrogen) atoms. The maximum atomic E-state index is 12.2. The second kappa shape index (κ2) is 6.19. The lowest BCUT2D eigenvalue weighted by atomic mass is 10.1. The summed E-state index contributed by atoms with van der Waals surface area (Å²) in [6.45, 7) is 4.35. The fraction of sp³-hybridized carbons (Fsp3) is 0.250. The number of nitrogens with two attached hydrogens (primary N) is 1. The van der Waals surface area contributed by atoms with Crippen molar-refractivity contribution < 1.29 is 4.79 Å². The van der Waals surface area contributed by atoms with E-state index in [0.717, 1.165) is 23.2 Å². The molecule has 0 radical (unpaired) electrons. The maximum absolute atomic E-state index is 12.2. The molecule has 0 unspecified atom stereocenters. The molecular weight excluding hydrogens is 250 g/mol. The largest absolute Gasteiger partial charge is 0.398 e. The normalized spacial score (nSPS) is 10.3. The molecule has 1 heterocycles. The summed E-state index contributed by atoms with van der Waals surface area (Å²) in [7, 11) is 0. The Hall–Kier alpha value is -2.36. The van der Waals surface area contributed by atoms with Crippen molar-refractivity contribution in [2.75, 3.05) is 5.73 Å². The van der Waals surface area contributed by atoms with Crippen LogP contribution in [-0.4, -0.2) is 10.9 Å². The number of hydrogen-bond donors (Lipinski definition) is 2. The van der Waals surface area contributed by atoms with Crippen molar-refractivity contribution in [3.8, 4) is 0 Å². The van der Waals surface area contributed by atoms with Gasteiger partial charge in [0.2, 0.25) is 0 Å². The zero-order valence-electron chi connectivity index (χ0n) is 11.8. The molecule has 0 saturated heterocycles. The number of aryl methyl sites for hydroxylation is 1. The number of rotatable bonds is 4. The molecule has 0 aliphatic heterocycles. The second-order valence-corrected chi connectivity index (χ2v) is 4.67. The van der Waals surface area contributed by atoms with Gasteiger partial charge in [-0.25, -0.2) is 0 Å². The minimum atomic E-state index is -0.123. The summed E-state index contributed by atoms with van der Waals surface area (Å²) < 4.78 is 0. The first-order valence-electron chi connectivity index (χ1n) is 6.69. The van der Waals surface area contributed by atoms with Crippen LogP contribution >= 0.6 is 0 Å². The predicted molar refractivity (Wildman–Crippen MR) is 80.4 cm³/mol. The highest BCUT2D eigenvalue weighted by atomic mass is 16.1. The van der Waals surface area contributed by atoms with Crippen molar-refractivity contribution in [2.24, 2.45) is 0 Å². The standard InChI is InChI=1S/C16H19N3O/c1-3-12-6-5-9-18-15(12)10-19-16(20)13-7-4-8-14(17)11(13)2/h4-9H,3,10,17H2,1-2H3,(H,19,20). The van der Waals surface area contributed by atoms with Gasteiger partial charge in [-0.2, -0.15) is 0 Å². The number of hydrogen-bond acceptors (Lipinski definition) is 3. The van der Waals surface area contributed by atoms with E-state index in [0.29, 0.717) is 17.8 Å². The monoisotopic (exact) mass is 269 g/mol. The fourth-order valence-electron chi connectivity index (χ4n) is 2.11. The van der Waals surface area contributed by atoms with Crippen molar-refractivity contribution in [1.29, 1.82) is 0 Å². The van der Waals surface area contributed by atoms with E-state index in [1.54, 1.807) is 24.4 Å². The van der Waals surface area contributed by atoms with E-state index < -0.39 is 0 Å². The van der Waals surface area contributed by atoms with Crippen molar-refractivity contribution in [1.82, 2.24) is 10.3 Å². The van der Waals surface area contributed by atoms with Gasteiger partial charge in [0, 0.05) is 17.4 Å². The summed E-state index contributed by atoms with van der Waals surface area (Å²) in [5.41, 5.74) is 9.92. The fourth-order valence-corrected chi connectivity index (χ4v) is 2.11. The number of carbonyl (C=O) groups is 1. The number of pyridine rings is 1. The highest BCUT2D eigenvalue weighted by Crippen LogP contribution is 2.15. The zero-order valence-corrected chi connectivity index (χ0v) is 11.8. The highest BCUT2D eigenvalue weighted by Gasteiger charge is 2.11. The molecule has 0 fully saturated rings. The minimum absolute atomic E-state index is 0.123. The van der Waals surface area contributed by atoms with Crippen molar-refractivity contribution in [3.63, 3.8) is 0 Å². The first kappa shape index (κ1) is 14.1. The summed E-state index contributed by atoms with van der Waals surface area (Å²) >= 11 is 0. The molecule has 4 heteroatoms. The van der Waals surface area contributed by atoms with Crippen LogP contribution in [0.2, 0.25) is 0 Å². The van der Waals surface area contributed by atoms with E-state index in [2.05, 4.69) is 17.2 Å². The third kappa shape index (κ3) is 2.96. The summed E-state index contributed by atoms with van der Waals surface area (Å²) in [6, 6.07) is 9.29. The molecule has 0 spiro atoms. The predicted octanol–water partition coefficient (Wildman–Crippen LogP) is 2.46. The van der Waals surface area contributed by atoms with Gasteiger partial charge in [0.1, 0.15) is 0 Å². The third-order valence-corrected chi connectivity index (χ3v) is 3.40. The van der Waals surface area contributed by atoms with E-state index in [1.807, 2.05) is 19.1 Å². The molecule has 2 rings (SSSR count). The number of anilines is 1. The van der Waals surface area contributed by atoms with Crippen molar-refractivity contribution in [2.45, 2.75) is 26.8 Å². The Morgan fingerprint density at radius 3 is 2.85 bits per heavy atom. The van der Waals surface area contributed by atoms with E-state index >= 15 is 0 Å². The Kier molecular flexibility index (Phi) is 4.35.